The summed E-state index contributed by atoms with van der Waals surface area (Å²) in [5.74, 6) is 0. The molecular weight excluding hydrogens is 236 g/mol. The van der Waals surface area contributed by atoms with E-state index >= 15 is 0 Å². The molecule has 0 radical (unpaired) electrons. The van der Waals surface area contributed by atoms with Crippen LogP contribution >= 0.6 is 11.3 Å². The number of ether oxygens (including phenoxy) is 2. The van der Waals surface area contributed by atoms with Crippen molar-refractivity contribution in [1.29, 1.82) is 0 Å². The van der Waals surface area contributed by atoms with Crippen molar-refractivity contribution in [2.45, 2.75) is 38.4 Å². The highest BCUT2D eigenvalue weighted by atomic mass is 32.1. The Bertz CT molecular complexity index is 350. The maximum atomic E-state index is 10.6. The monoisotopic (exact) mass is 256 g/mol. The lowest BCUT2D eigenvalue weighted by molar-refractivity contribution is -0.167. The molecule has 1 unspecified atom stereocenters. The summed E-state index contributed by atoms with van der Waals surface area (Å²) in [6, 6.07) is 2.04. The highest BCUT2D eigenvalue weighted by Crippen LogP contribution is 2.40. The Kier molecular flexibility index (Phi) is 4.20. The number of hydrogen-bond acceptors (Lipinski definition) is 4. The van der Waals surface area contributed by atoms with Gasteiger partial charge in [-0.05, 0) is 30.9 Å². The molecule has 1 atom stereocenters. The standard InChI is InChI=1S/C13H20O3S/c1-3-16-13(5-7-15-8-6-13)12(14)11-10(2)4-9-17-11/h4,9,12,14H,3,5-8H2,1-2H3. The first kappa shape index (κ1) is 13.0. The van der Waals surface area contributed by atoms with Gasteiger partial charge in [-0.15, -0.1) is 11.3 Å². The van der Waals surface area contributed by atoms with E-state index in [2.05, 4.69) is 0 Å². The molecule has 2 rings (SSSR count). The third-order valence-corrected chi connectivity index (χ3v) is 4.49. The Hall–Kier alpha value is -0.420. The first-order valence-corrected chi connectivity index (χ1v) is 7.01. The molecule has 1 aliphatic heterocycles. The van der Waals surface area contributed by atoms with Gasteiger partial charge in [0.1, 0.15) is 11.7 Å². The molecule has 1 aliphatic rings. The molecular formula is C13H20O3S. The van der Waals surface area contributed by atoms with Crippen molar-refractivity contribution in [2.24, 2.45) is 0 Å². The molecule has 1 aromatic rings. The topological polar surface area (TPSA) is 38.7 Å². The van der Waals surface area contributed by atoms with Crippen molar-refractivity contribution >= 4 is 11.3 Å². The van der Waals surface area contributed by atoms with Crippen LogP contribution in [-0.4, -0.2) is 30.5 Å². The van der Waals surface area contributed by atoms with Crippen LogP contribution in [0.3, 0.4) is 0 Å². The molecule has 0 aromatic carbocycles. The summed E-state index contributed by atoms with van der Waals surface area (Å²) < 4.78 is 11.3. The Morgan fingerprint density at radius 2 is 2.24 bits per heavy atom. The quantitative estimate of drug-likeness (QED) is 0.900. The van der Waals surface area contributed by atoms with Gasteiger partial charge in [-0.2, -0.15) is 0 Å². The van der Waals surface area contributed by atoms with Gasteiger partial charge in [0.05, 0.1) is 0 Å². The summed E-state index contributed by atoms with van der Waals surface area (Å²) >= 11 is 1.60. The lowest BCUT2D eigenvalue weighted by Gasteiger charge is -2.40. The molecule has 4 heteroatoms. The number of aliphatic hydroxyl groups excluding tert-OH is 1. The van der Waals surface area contributed by atoms with Gasteiger partial charge >= 0.3 is 0 Å². The fourth-order valence-corrected chi connectivity index (χ4v) is 3.42. The summed E-state index contributed by atoms with van der Waals surface area (Å²) in [4.78, 5) is 1.03. The lowest BCUT2D eigenvalue weighted by Crippen LogP contribution is -2.44. The predicted molar refractivity (Wildman–Crippen MR) is 68.4 cm³/mol. The smallest absolute Gasteiger partial charge is 0.117 e. The van der Waals surface area contributed by atoms with Crippen LogP contribution in [0.1, 0.15) is 36.3 Å². The van der Waals surface area contributed by atoms with Crippen LogP contribution in [0.2, 0.25) is 0 Å². The highest BCUT2D eigenvalue weighted by molar-refractivity contribution is 7.10. The van der Waals surface area contributed by atoms with Crippen LogP contribution in [0, 0.1) is 6.92 Å². The van der Waals surface area contributed by atoms with E-state index in [0.29, 0.717) is 19.8 Å². The van der Waals surface area contributed by atoms with E-state index in [1.54, 1.807) is 11.3 Å². The number of hydrogen-bond donors (Lipinski definition) is 1. The van der Waals surface area contributed by atoms with Gasteiger partial charge in [0.15, 0.2) is 0 Å². The summed E-state index contributed by atoms with van der Waals surface area (Å²) in [6.07, 6.45) is 0.991. The zero-order valence-electron chi connectivity index (χ0n) is 10.4. The number of rotatable bonds is 4. The molecule has 0 spiro atoms. The fraction of sp³-hybridized carbons (Fsp3) is 0.692. The maximum absolute atomic E-state index is 10.6. The number of thiophene rings is 1. The molecule has 2 heterocycles. The second-order valence-corrected chi connectivity index (χ2v) is 5.43. The minimum atomic E-state index is -0.536. The molecule has 96 valence electrons. The zero-order chi connectivity index (χ0) is 12.3. The molecule has 0 bridgehead atoms. The Morgan fingerprint density at radius 1 is 1.53 bits per heavy atom. The van der Waals surface area contributed by atoms with Crippen molar-refractivity contribution in [3.05, 3.63) is 21.9 Å². The molecule has 3 nitrogen and oxygen atoms in total. The maximum Gasteiger partial charge on any atom is 0.117 e. The van der Waals surface area contributed by atoms with E-state index in [1.807, 2.05) is 25.3 Å². The summed E-state index contributed by atoms with van der Waals surface area (Å²) in [6.45, 7) is 5.98. The van der Waals surface area contributed by atoms with Gasteiger partial charge in [-0.25, -0.2) is 0 Å². The van der Waals surface area contributed by atoms with Crippen molar-refractivity contribution in [3.63, 3.8) is 0 Å². The Labute approximate surface area is 106 Å². The van der Waals surface area contributed by atoms with Gasteiger partial charge in [-0.1, -0.05) is 0 Å². The van der Waals surface area contributed by atoms with E-state index in [1.165, 1.54) is 0 Å². The molecule has 0 saturated carbocycles. The average Bonchev–Trinajstić information content (AvgIpc) is 2.76. The molecule has 1 aromatic heterocycles. The zero-order valence-corrected chi connectivity index (χ0v) is 11.3. The minimum Gasteiger partial charge on any atom is -0.385 e. The highest BCUT2D eigenvalue weighted by Gasteiger charge is 2.42. The molecule has 1 fully saturated rings. The minimum absolute atomic E-state index is 0.456. The SMILES string of the molecule is CCOC1(C(O)c2sccc2C)CCOCC1. The van der Waals surface area contributed by atoms with Crippen LogP contribution in [0.15, 0.2) is 11.4 Å². The van der Waals surface area contributed by atoms with Gasteiger partial charge in [0.25, 0.3) is 0 Å². The van der Waals surface area contributed by atoms with Crippen molar-refractivity contribution in [2.75, 3.05) is 19.8 Å². The van der Waals surface area contributed by atoms with Crippen LogP contribution in [0.5, 0.6) is 0 Å². The van der Waals surface area contributed by atoms with E-state index in [-0.39, 0.29) is 0 Å². The van der Waals surface area contributed by atoms with Gasteiger partial charge in [-0.3, -0.25) is 0 Å². The van der Waals surface area contributed by atoms with Crippen LogP contribution in [0.4, 0.5) is 0 Å². The molecule has 17 heavy (non-hydrogen) atoms. The second-order valence-electron chi connectivity index (χ2n) is 4.48. The van der Waals surface area contributed by atoms with E-state index in [4.69, 9.17) is 9.47 Å². The van der Waals surface area contributed by atoms with E-state index in [9.17, 15) is 5.11 Å². The fourth-order valence-electron chi connectivity index (χ4n) is 2.40. The van der Waals surface area contributed by atoms with Gasteiger partial charge in [0.2, 0.25) is 0 Å². The van der Waals surface area contributed by atoms with Crippen LogP contribution in [0.25, 0.3) is 0 Å². The molecule has 0 amide bonds. The largest absolute Gasteiger partial charge is 0.385 e. The molecule has 0 aliphatic carbocycles. The van der Waals surface area contributed by atoms with Crippen LogP contribution < -0.4 is 0 Å². The third kappa shape index (κ3) is 2.55. The number of aryl methyl sites for hydroxylation is 1. The van der Waals surface area contributed by atoms with Gasteiger partial charge < -0.3 is 14.6 Å². The van der Waals surface area contributed by atoms with Crippen molar-refractivity contribution < 1.29 is 14.6 Å². The van der Waals surface area contributed by atoms with E-state index in [0.717, 1.165) is 23.3 Å². The normalized spacial score (nSPS) is 21.4. The Balaban J connectivity index is 2.23. The Morgan fingerprint density at radius 3 is 2.76 bits per heavy atom. The summed E-state index contributed by atoms with van der Waals surface area (Å²) in [7, 11) is 0. The van der Waals surface area contributed by atoms with E-state index < -0.39 is 11.7 Å². The lowest BCUT2D eigenvalue weighted by atomic mass is 9.86. The van der Waals surface area contributed by atoms with Gasteiger partial charge in [0, 0.05) is 37.5 Å². The summed E-state index contributed by atoms with van der Waals surface area (Å²) in [5.41, 5.74) is 0.691. The second kappa shape index (κ2) is 5.48. The average molecular weight is 256 g/mol. The molecule has 1 saturated heterocycles. The van der Waals surface area contributed by atoms with Crippen LogP contribution in [-0.2, 0) is 9.47 Å². The molecule has 1 N–H and O–H groups in total. The van der Waals surface area contributed by atoms with Crippen molar-refractivity contribution in [1.82, 2.24) is 0 Å². The first-order valence-electron chi connectivity index (χ1n) is 6.13. The predicted octanol–water partition coefficient (Wildman–Crippen LogP) is 2.68. The number of aliphatic hydroxyl groups is 1. The first-order chi connectivity index (χ1) is 8.19. The summed E-state index contributed by atoms with van der Waals surface area (Å²) in [5, 5.41) is 12.6. The third-order valence-electron chi connectivity index (χ3n) is 3.42. The van der Waals surface area contributed by atoms with Crippen molar-refractivity contribution in [3.8, 4) is 0 Å².